The fourth-order valence-electron chi connectivity index (χ4n) is 2.34. The van der Waals surface area contributed by atoms with E-state index in [9.17, 15) is 13.2 Å². The summed E-state index contributed by atoms with van der Waals surface area (Å²) in [6.07, 6.45) is 0.910. The standard InChI is InChI=1S/C20H25NO5S/c1-4-17-6-5-7-18(13-17)25-10-11-26-20(22)14-21-27(23,24)19-9-8-15(2)16(3)12-19/h5-9,12-13,21H,4,10-11,14H2,1-3H3. The molecule has 0 fully saturated rings. The Morgan fingerprint density at radius 1 is 1.04 bits per heavy atom. The van der Waals surface area contributed by atoms with Gasteiger partial charge in [0, 0.05) is 0 Å². The van der Waals surface area contributed by atoms with Gasteiger partial charge in [-0.25, -0.2) is 8.42 Å². The summed E-state index contributed by atoms with van der Waals surface area (Å²) in [7, 11) is -3.76. The molecule has 27 heavy (non-hydrogen) atoms. The highest BCUT2D eigenvalue weighted by atomic mass is 32.2. The molecule has 6 nitrogen and oxygen atoms in total. The molecule has 0 spiro atoms. The van der Waals surface area contributed by atoms with Gasteiger partial charge in [-0.3, -0.25) is 4.79 Å². The fourth-order valence-corrected chi connectivity index (χ4v) is 3.39. The van der Waals surface area contributed by atoms with Gasteiger partial charge in [-0.1, -0.05) is 25.1 Å². The van der Waals surface area contributed by atoms with E-state index in [4.69, 9.17) is 9.47 Å². The minimum absolute atomic E-state index is 0.0422. The molecule has 0 aliphatic heterocycles. The Kier molecular flexibility index (Phi) is 7.38. The van der Waals surface area contributed by atoms with E-state index in [0.29, 0.717) is 5.75 Å². The molecule has 0 aromatic heterocycles. The Morgan fingerprint density at radius 3 is 2.52 bits per heavy atom. The third-order valence-corrected chi connectivity index (χ3v) is 5.52. The van der Waals surface area contributed by atoms with Crippen LogP contribution in [0.4, 0.5) is 0 Å². The van der Waals surface area contributed by atoms with Crippen LogP contribution in [0.1, 0.15) is 23.6 Å². The first kappa shape index (κ1) is 20.9. The lowest BCUT2D eigenvalue weighted by molar-refractivity contribution is -0.142. The molecule has 1 N–H and O–H groups in total. The summed E-state index contributed by atoms with van der Waals surface area (Å²) in [6.45, 7) is 5.60. The third-order valence-electron chi connectivity index (χ3n) is 4.12. The van der Waals surface area contributed by atoms with Crippen LogP contribution in [0.15, 0.2) is 47.4 Å². The van der Waals surface area contributed by atoms with Crippen molar-refractivity contribution in [2.24, 2.45) is 0 Å². The zero-order valence-electron chi connectivity index (χ0n) is 15.8. The lowest BCUT2D eigenvalue weighted by atomic mass is 10.1. The van der Waals surface area contributed by atoms with Crippen LogP contribution < -0.4 is 9.46 Å². The maximum Gasteiger partial charge on any atom is 0.321 e. The summed E-state index contributed by atoms with van der Waals surface area (Å²) in [5, 5.41) is 0. The highest BCUT2D eigenvalue weighted by Crippen LogP contribution is 2.15. The third kappa shape index (κ3) is 6.37. The van der Waals surface area contributed by atoms with Gasteiger partial charge >= 0.3 is 5.97 Å². The average Bonchev–Trinajstić information content (AvgIpc) is 2.66. The number of ether oxygens (including phenoxy) is 2. The summed E-state index contributed by atoms with van der Waals surface area (Å²) in [6, 6.07) is 12.5. The molecular formula is C20H25NO5S. The predicted octanol–water partition coefficient (Wildman–Crippen LogP) is 2.77. The highest BCUT2D eigenvalue weighted by Gasteiger charge is 2.16. The average molecular weight is 391 g/mol. The smallest absolute Gasteiger partial charge is 0.321 e. The molecule has 7 heteroatoms. The Balaban J connectivity index is 1.76. The van der Waals surface area contributed by atoms with Gasteiger partial charge < -0.3 is 9.47 Å². The molecule has 0 bridgehead atoms. The normalized spacial score (nSPS) is 11.2. The first-order valence-corrected chi connectivity index (χ1v) is 10.2. The lowest BCUT2D eigenvalue weighted by Gasteiger charge is -2.10. The molecule has 0 unspecified atom stereocenters. The van der Waals surface area contributed by atoms with E-state index in [0.717, 1.165) is 23.1 Å². The van der Waals surface area contributed by atoms with Gasteiger partial charge in [0.15, 0.2) is 0 Å². The summed E-state index contributed by atoms with van der Waals surface area (Å²) < 4.78 is 37.2. The number of carbonyl (C=O) groups is 1. The zero-order valence-corrected chi connectivity index (χ0v) is 16.6. The van der Waals surface area contributed by atoms with Crippen LogP contribution in [-0.2, 0) is 26.0 Å². The number of carbonyl (C=O) groups excluding carboxylic acids is 1. The Morgan fingerprint density at radius 2 is 1.81 bits per heavy atom. The van der Waals surface area contributed by atoms with Gasteiger partial charge in [0.05, 0.1) is 4.90 Å². The predicted molar refractivity (Wildman–Crippen MR) is 103 cm³/mol. The molecule has 2 aromatic rings. The molecule has 146 valence electrons. The molecule has 0 aliphatic rings. The quantitative estimate of drug-likeness (QED) is 0.525. The van der Waals surface area contributed by atoms with Crippen molar-refractivity contribution in [2.45, 2.75) is 32.1 Å². The molecule has 0 saturated carbocycles. The van der Waals surface area contributed by atoms with E-state index in [2.05, 4.69) is 11.6 Å². The monoisotopic (exact) mass is 391 g/mol. The van der Waals surface area contributed by atoms with Gasteiger partial charge in [-0.05, 0) is 61.2 Å². The van der Waals surface area contributed by atoms with Gasteiger partial charge in [-0.2, -0.15) is 4.72 Å². The van der Waals surface area contributed by atoms with Crippen LogP contribution in [0.25, 0.3) is 0 Å². The number of hydrogen-bond acceptors (Lipinski definition) is 5. The maximum absolute atomic E-state index is 12.2. The molecule has 0 atom stereocenters. The largest absolute Gasteiger partial charge is 0.490 e. The van der Waals surface area contributed by atoms with Gasteiger partial charge in [-0.15, -0.1) is 0 Å². The number of esters is 1. The van der Waals surface area contributed by atoms with Crippen molar-refractivity contribution in [3.05, 3.63) is 59.2 Å². The summed E-state index contributed by atoms with van der Waals surface area (Å²) in [4.78, 5) is 11.9. The van der Waals surface area contributed by atoms with Crippen molar-refractivity contribution in [3.63, 3.8) is 0 Å². The van der Waals surface area contributed by atoms with Crippen LogP contribution in [0, 0.1) is 13.8 Å². The van der Waals surface area contributed by atoms with Crippen LogP contribution >= 0.6 is 0 Å². The minimum Gasteiger partial charge on any atom is -0.490 e. The number of rotatable bonds is 9. The molecule has 0 radical (unpaired) electrons. The molecule has 0 saturated heterocycles. The van der Waals surface area contributed by atoms with E-state index in [1.165, 1.54) is 6.07 Å². The van der Waals surface area contributed by atoms with E-state index in [1.807, 2.05) is 38.1 Å². The SMILES string of the molecule is CCc1cccc(OCCOC(=O)CNS(=O)(=O)c2ccc(C)c(C)c2)c1. The second-order valence-corrected chi connectivity index (χ2v) is 7.91. The van der Waals surface area contributed by atoms with E-state index < -0.39 is 22.5 Å². The van der Waals surface area contributed by atoms with Crippen molar-refractivity contribution < 1.29 is 22.7 Å². The van der Waals surface area contributed by atoms with E-state index in [-0.39, 0.29) is 18.1 Å². The fraction of sp³-hybridized carbons (Fsp3) is 0.350. The van der Waals surface area contributed by atoms with Crippen molar-refractivity contribution in [1.82, 2.24) is 4.72 Å². The van der Waals surface area contributed by atoms with Crippen molar-refractivity contribution in [3.8, 4) is 5.75 Å². The van der Waals surface area contributed by atoms with Crippen molar-refractivity contribution in [2.75, 3.05) is 19.8 Å². The van der Waals surface area contributed by atoms with E-state index in [1.54, 1.807) is 12.1 Å². The summed E-state index contributed by atoms with van der Waals surface area (Å²) >= 11 is 0. The minimum atomic E-state index is -3.76. The molecular weight excluding hydrogens is 366 g/mol. The van der Waals surface area contributed by atoms with Gasteiger partial charge in [0.25, 0.3) is 0 Å². The second-order valence-electron chi connectivity index (χ2n) is 6.14. The number of aryl methyl sites for hydroxylation is 3. The number of benzene rings is 2. The topological polar surface area (TPSA) is 81.7 Å². The number of nitrogens with one attached hydrogen (secondary N) is 1. The molecule has 2 aromatic carbocycles. The first-order valence-electron chi connectivity index (χ1n) is 8.76. The first-order chi connectivity index (χ1) is 12.8. The Labute approximate surface area is 160 Å². The summed E-state index contributed by atoms with van der Waals surface area (Å²) in [5.41, 5.74) is 3.02. The number of sulfonamides is 1. The van der Waals surface area contributed by atoms with Crippen LogP contribution in [0.3, 0.4) is 0 Å². The Hall–Kier alpha value is -2.38. The van der Waals surface area contributed by atoms with Crippen LogP contribution in [0.5, 0.6) is 5.75 Å². The zero-order chi connectivity index (χ0) is 19.9. The highest BCUT2D eigenvalue weighted by molar-refractivity contribution is 7.89. The van der Waals surface area contributed by atoms with Crippen molar-refractivity contribution >= 4 is 16.0 Å². The van der Waals surface area contributed by atoms with Gasteiger partial charge in [0.1, 0.15) is 25.5 Å². The lowest BCUT2D eigenvalue weighted by Crippen LogP contribution is -2.31. The van der Waals surface area contributed by atoms with Crippen LogP contribution in [0.2, 0.25) is 0 Å². The van der Waals surface area contributed by atoms with E-state index >= 15 is 0 Å². The Bertz CT molecular complexity index is 893. The molecule has 2 rings (SSSR count). The molecule has 0 amide bonds. The maximum atomic E-state index is 12.2. The number of hydrogen-bond donors (Lipinski definition) is 1. The van der Waals surface area contributed by atoms with Gasteiger partial charge in [0.2, 0.25) is 10.0 Å². The molecule has 0 aliphatic carbocycles. The van der Waals surface area contributed by atoms with Crippen LogP contribution in [-0.4, -0.2) is 34.1 Å². The van der Waals surface area contributed by atoms with Crippen molar-refractivity contribution in [1.29, 1.82) is 0 Å². The summed E-state index contributed by atoms with van der Waals surface area (Å²) in [5.74, 6) is 0.0501. The second kappa shape index (κ2) is 9.53. The molecule has 0 heterocycles.